The van der Waals surface area contributed by atoms with E-state index in [4.69, 9.17) is 17.0 Å². The fourth-order valence-electron chi connectivity index (χ4n) is 2.69. The van der Waals surface area contributed by atoms with Crippen LogP contribution in [0.3, 0.4) is 0 Å². The number of hydrogen-bond acceptors (Lipinski definition) is 4. The SMILES string of the molecule is COc1cc2ccccc2cc1C(=O)NC(=S)Nc1ccc(C(C)=O)cc1. The van der Waals surface area contributed by atoms with Crippen molar-refractivity contribution in [3.8, 4) is 5.75 Å². The lowest BCUT2D eigenvalue weighted by molar-refractivity contribution is 0.0973. The van der Waals surface area contributed by atoms with Gasteiger partial charge in [0.25, 0.3) is 5.91 Å². The van der Waals surface area contributed by atoms with Gasteiger partial charge in [0.15, 0.2) is 10.9 Å². The van der Waals surface area contributed by atoms with E-state index in [9.17, 15) is 9.59 Å². The summed E-state index contributed by atoms with van der Waals surface area (Å²) >= 11 is 5.22. The molecule has 0 fully saturated rings. The third-order valence-electron chi connectivity index (χ3n) is 4.09. The minimum atomic E-state index is -0.365. The Kier molecular flexibility index (Phi) is 5.47. The first kappa shape index (κ1) is 18.5. The topological polar surface area (TPSA) is 67.4 Å². The third kappa shape index (κ3) is 4.30. The number of carbonyl (C=O) groups is 2. The van der Waals surface area contributed by atoms with E-state index >= 15 is 0 Å². The van der Waals surface area contributed by atoms with Gasteiger partial charge in [-0.05, 0) is 66.3 Å². The predicted molar refractivity (Wildman–Crippen MR) is 111 cm³/mol. The molecule has 0 spiro atoms. The van der Waals surface area contributed by atoms with Gasteiger partial charge < -0.3 is 10.1 Å². The number of ether oxygens (including phenoxy) is 1. The molecule has 0 radical (unpaired) electrons. The number of Topliss-reactive ketones (excluding diaryl/α,β-unsaturated/α-hetero) is 1. The van der Waals surface area contributed by atoms with E-state index in [0.717, 1.165) is 10.8 Å². The maximum absolute atomic E-state index is 12.6. The van der Waals surface area contributed by atoms with Crippen molar-refractivity contribution >= 4 is 45.5 Å². The highest BCUT2D eigenvalue weighted by molar-refractivity contribution is 7.80. The zero-order valence-electron chi connectivity index (χ0n) is 14.9. The summed E-state index contributed by atoms with van der Waals surface area (Å²) < 4.78 is 5.35. The Labute approximate surface area is 162 Å². The van der Waals surface area contributed by atoms with Crippen molar-refractivity contribution in [1.82, 2.24) is 5.32 Å². The highest BCUT2D eigenvalue weighted by Crippen LogP contribution is 2.26. The van der Waals surface area contributed by atoms with Crippen LogP contribution in [0.4, 0.5) is 5.69 Å². The van der Waals surface area contributed by atoms with Gasteiger partial charge in [-0.25, -0.2) is 0 Å². The molecule has 6 heteroatoms. The Bertz CT molecular complexity index is 1030. The van der Waals surface area contributed by atoms with E-state index in [1.165, 1.54) is 14.0 Å². The molecule has 0 aliphatic heterocycles. The van der Waals surface area contributed by atoms with Crippen molar-refractivity contribution in [1.29, 1.82) is 0 Å². The molecule has 0 heterocycles. The van der Waals surface area contributed by atoms with Crippen molar-refractivity contribution in [3.05, 3.63) is 71.8 Å². The van der Waals surface area contributed by atoms with Crippen LogP contribution in [-0.4, -0.2) is 23.9 Å². The smallest absolute Gasteiger partial charge is 0.261 e. The number of rotatable bonds is 4. The molecule has 3 aromatic carbocycles. The van der Waals surface area contributed by atoms with Crippen molar-refractivity contribution < 1.29 is 14.3 Å². The second-order valence-electron chi connectivity index (χ2n) is 5.94. The van der Waals surface area contributed by atoms with Gasteiger partial charge in [-0.1, -0.05) is 24.3 Å². The summed E-state index contributed by atoms with van der Waals surface area (Å²) in [6.45, 7) is 1.50. The predicted octanol–water partition coefficient (Wildman–Crippen LogP) is 4.18. The lowest BCUT2D eigenvalue weighted by Crippen LogP contribution is -2.34. The summed E-state index contributed by atoms with van der Waals surface area (Å²) in [5, 5.41) is 7.66. The van der Waals surface area contributed by atoms with E-state index in [2.05, 4.69) is 10.6 Å². The number of anilines is 1. The minimum Gasteiger partial charge on any atom is -0.496 e. The Morgan fingerprint density at radius 1 is 0.963 bits per heavy atom. The highest BCUT2D eigenvalue weighted by atomic mass is 32.1. The summed E-state index contributed by atoms with van der Waals surface area (Å²) in [6.07, 6.45) is 0. The standard InChI is InChI=1S/C21H18N2O3S/c1-13(24)14-7-9-17(10-8-14)22-21(27)23-20(25)18-11-15-5-3-4-6-16(15)12-19(18)26-2/h3-12H,1-2H3,(H2,22,23,25,27). The minimum absolute atomic E-state index is 0.0131. The molecule has 0 unspecified atom stereocenters. The molecule has 1 amide bonds. The Hall–Kier alpha value is -3.25. The van der Waals surface area contributed by atoms with E-state index in [0.29, 0.717) is 22.6 Å². The maximum Gasteiger partial charge on any atom is 0.261 e. The fraction of sp³-hybridized carbons (Fsp3) is 0.0952. The van der Waals surface area contributed by atoms with E-state index in [1.807, 2.05) is 30.3 Å². The van der Waals surface area contributed by atoms with Crippen LogP contribution in [0.2, 0.25) is 0 Å². The molecule has 0 aliphatic carbocycles. The number of amides is 1. The maximum atomic E-state index is 12.6. The van der Waals surface area contributed by atoms with Gasteiger partial charge in [-0.3, -0.25) is 14.9 Å². The number of methoxy groups -OCH3 is 1. The number of fused-ring (bicyclic) bond motifs is 1. The van der Waals surface area contributed by atoms with Crippen LogP contribution in [0.25, 0.3) is 10.8 Å². The Morgan fingerprint density at radius 3 is 2.19 bits per heavy atom. The van der Waals surface area contributed by atoms with Crippen LogP contribution >= 0.6 is 12.2 Å². The number of ketones is 1. The van der Waals surface area contributed by atoms with E-state index in [1.54, 1.807) is 30.3 Å². The molecule has 0 saturated heterocycles. The number of benzene rings is 3. The molecule has 2 N–H and O–H groups in total. The average molecular weight is 378 g/mol. The van der Waals surface area contributed by atoms with Gasteiger partial charge in [0.05, 0.1) is 12.7 Å². The lowest BCUT2D eigenvalue weighted by atomic mass is 10.1. The monoisotopic (exact) mass is 378 g/mol. The molecule has 0 bridgehead atoms. The van der Waals surface area contributed by atoms with Gasteiger partial charge in [0.2, 0.25) is 0 Å². The number of hydrogen-bond donors (Lipinski definition) is 2. The first-order chi connectivity index (χ1) is 13.0. The van der Waals surface area contributed by atoms with Gasteiger partial charge in [-0.2, -0.15) is 0 Å². The highest BCUT2D eigenvalue weighted by Gasteiger charge is 2.15. The Morgan fingerprint density at radius 2 is 1.59 bits per heavy atom. The molecular formula is C21H18N2O3S. The first-order valence-electron chi connectivity index (χ1n) is 8.28. The summed E-state index contributed by atoms with van der Waals surface area (Å²) in [5.41, 5.74) is 1.68. The van der Waals surface area contributed by atoms with Crippen molar-refractivity contribution in [3.63, 3.8) is 0 Å². The molecule has 3 rings (SSSR count). The van der Waals surface area contributed by atoms with Crippen LogP contribution in [0.15, 0.2) is 60.7 Å². The molecule has 0 atom stereocenters. The normalized spacial score (nSPS) is 10.3. The average Bonchev–Trinajstić information content (AvgIpc) is 2.67. The number of carbonyl (C=O) groups excluding carboxylic acids is 2. The summed E-state index contributed by atoms with van der Waals surface area (Å²) in [6, 6.07) is 18.2. The molecule has 0 saturated carbocycles. The molecule has 0 aliphatic rings. The molecule has 5 nitrogen and oxygen atoms in total. The van der Waals surface area contributed by atoms with Gasteiger partial charge in [0, 0.05) is 11.3 Å². The van der Waals surface area contributed by atoms with Crippen molar-refractivity contribution in [2.75, 3.05) is 12.4 Å². The van der Waals surface area contributed by atoms with Crippen LogP contribution in [0.5, 0.6) is 5.75 Å². The zero-order chi connectivity index (χ0) is 19.4. The van der Waals surface area contributed by atoms with Crippen LogP contribution < -0.4 is 15.4 Å². The van der Waals surface area contributed by atoms with Gasteiger partial charge >= 0.3 is 0 Å². The van der Waals surface area contributed by atoms with Crippen LogP contribution in [0.1, 0.15) is 27.6 Å². The fourth-order valence-corrected chi connectivity index (χ4v) is 2.90. The Balaban J connectivity index is 1.75. The molecular weight excluding hydrogens is 360 g/mol. The largest absolute Gasteiger partial charge is 0.496 e. The molecule has 136 valence electrons. The van der Waals surface area contributed by atoms with Gasteiger partial charge in [-0.15, -0.1) is 0 Å². The van der Waals surface area contributed by atoms with E-state index < -0.39 is 0 Å². The lowest BCUT2D eigenvalue weighted by Gasteiger charge is -2.13. The van der Waals surface area contributed by atoms with Gasteiger partial charge in [0.1, 0.15) is 5.75 Å². The zero-order valence-corrected chi connectivity index (χ0v) is 15.7. The third-order valence-corrected chi connectivity index (χ3v) is 4.29. The first-order valence-corrected chi connectivity index (χ1v) is 8.69. The van der Waals surface area contributed by atoms with Crippen LogP contribution in [0, 0.1) is 0 Å². The molecule has 3 aromatic rings. The molecule has 0 aromatic heterocycles. The quantitative estimate of drug-likeness (QED) is 0.527. The number of thiocarbonyl (C=S) groups is 1. The van der Waals surface area contributed by atoms with Crippen LogP contribution in [-0.2, 0) is 0 Å². The number of nitrogens with one attached hydrogen (secondary N) is 2. The summed E-state index contributed by atoms with van der Waals surface area (Å²) in [4.78, 5) is 24.0. The second-order valence-corrected chi connectivity index (χ2v) is 6.35. The summed E-state index contributed by atoms with van der Waals surface area (Å²) in [7, 11) is 1.52. The second kappa shape index (κ2) is 7.97. The summed E-state index contributed by atoms with van der Waals surface area (Å²) in [5.74, 6) is 0.0936. The molecule has 27 heavy (non-hydrogen) atoms. The van der Waals surface area contributed by atoms with Crippen molar-refractivity contribution in [2.45, 2.75) is 6.92 Å². The van der Waals surface area contributed by atoms with Crippen molar-refractivity contribution in [2.24, 2.45) is 0 Å². The van der Waals surface area contributed by atoms with E-state index in [-0.39, 0.29) is 16.8 Å².